The van der Waals surface area contributed by atoms with Gasteiger partial charge in [0.25, 0.3) is 0 Å². The highest BCUT2D eigenvalue weighted by atomic mass is 16.2. The molecule has 0 bridgehead atoms. The van der Waals surface area contributed by atoms with Crippen molar-refractivity contribution in [3.05, 3.63) is 0 Å². The number of carbonyl (C=O) groups is 1. The Hall–Kier alpha value is -1.08. The van der Waals surface area contributed by atoms with Crippen LogP contribution in [0.1, 0.15) is 39.5 Å². The second-order valence-corrected chi connectivity index (χ2v) is 4.91. The van der Waals surface area contributed by atoms with Gasteiger partial charge in [0.15, 0.2) is 0 Å². The van der Waals surface area contributed by atoms with E-state index in [0.29, 0.717) is 25.6 Å². The van der Waals surface area contributed by atoms with Crippen molar-refractivity contribution in [1.82, 2.24) is 9.80 Å². The van der Waals surface area contributed by atoms with Gasteiger partial charge in [0.05, 0.1) is 12.6 Å². The molecule has 1 amide bonds. The Labute approximate surface area is 104 Å². The van der Waals surface area contributed by atoms with Crippen molar-refractivity contribution in [2.24, 2.45) is 0 Å². The summed E-state index contributed by atoms with van der Waals surface area (Å²) in [6, 6.07) is 2.46. The van der Waals surface area contributed by atoms with Crippen molar-refractivity contribution >= 4 is 5.91 Å². The van der Waals surface area contributed by atoms with Crippen molar-refractivity contribution < 1.29 is 4.79 Å². The SMILES string of the molecule is CC(C)N(CCC#N)CC(=O)N1CCCCC1. The highest BCUT2D eigenvalue weighted by molar-refractivity contribution is 5.78. The molecule has 4 heteroatoms. The van der Waals surface area contributed by atoms with E-state index >= 15 is 0 Å². The molecular formula is C13H23N3O. The topological polar surface area (TPSA) is 47.3 Å². The molecule has 0 unspecified atom stereocenters. The van der Waals surface area contributed by atoms with E-state index in [1.54, 1.807) is 0 Å². The van der Waals surface area contributed by atoms with Crippen LogP contribution in [0.25, 0.3) is 0 Å². The van der Waals surface area contributed by atoms with Gasteiger partial charge in [-0.05, 0) is 33.1 Å². The van der Waals surface area contributed by atoms with Crippen molar-refractivity contribution in [3.63, 3.8) is 0 Å². The number of likely N-dealkylation sites (tertiary alicyclic amines) is 1. The van der Waals surface area contributed by atoms with Gasteiger partial charge in [-0.3, -0.25) is 9.69 Å². The Morgan fingerprint density at radius 1 is 1.35 bits per heavy atom. The Bertz CT molecular complexity index is 277. The van der Waals surface area contributed by atoms with Gasteiger partial charge in [-0.25, -0.2) is 0 Å². The lowest BCUT2D eigenvalue weighted by molar-refractivity contribution is -0.133. The molecule has 1 fully saturated rings. The Balaban J connectivity index is 2.42. The maximum Gasteiger partial charge on any atom is 0.236 e. The summed E-state index contributed by atoms with van der Waals surface area (Å²) in [5.74, 6) is 0.219. The summed E-state index contributed by atoms with van der Waals surface area (Å²) in [6.45, 7) is 7.10. The maximum absolute atomic E-state index is 12.1. The molecular weight excluding hydrogens is 214 g/mol. The van der Waals surface area contributed by atoms with Crippen molar-refractivity contribution in [3.8, 4) is 6.07 Å². The average Bonchev–Trinajstić information content (AvgIpc) is 2.35. The minimum absolute atomic E-state index is 0.219. The minimum Gasteiger partial charge on any atom is -0.342 e. The summed E-state index contributed by atoms with van der Waals surface area (Å²) in [5.41, 5.74) is 0. The second kappa shape index (κ2) is 7.29. The number of amides is 1. The summed E-state index contributed by atoms with van der Waals surface area (Å²) in [7, 11) is 0. The first-order chi connectivity index (χ1) is 8.15. The first-order valence-corrected chi connectivity index (χ1v) is 6.54. The standard InChI is InChI=1S/C13H23N3O/c1-12(2)16(10-6-7-14)11-13(17)15-8-4-3-5-9-15/h12H,3-6,8-11H2,1-2H3. The van der Waals surface area contributed by atoms with Crippen LogP contribution in [-0.4, -0.2) is 47.9 Å². The zero-order chi connectivity index (χ0) is 12.7. The van der Waals surface area contributed by atoms with Gasteiger partial charge in [-0.15, -0.1) is 0 Å². The largest absolute Gasteiger partial charge is 0.342 e. The van der Waals surface area contributed by atoms with Gasteiger partial charge in [0, 0.05) is 32.1 Å². The molecule has 1 saturated heterocycles. The molecule has 0 spiro atoms. The van der Waals surface area contributed by atoms with Gasteiger partial charge in [-0.1, -0.05) is 0 Å². The lowest BCUT2D eigenvalue weighted by atomic mass is 10.1. The smallest absolute Gasteiger partial charge is 0.236 e. The predicted molar refractivity (Wildman–Crippen MR) is 67.4 cm³/mol. The van der Waals surface area contributed by atoms with E-state index in [9.17, 15) is 4.79 Å². The molecule has 0 aromatic heterocycles. The summed E-state index contributed by atoms with van der Waals surface area (Å²) in [6.07, 6.45) is 3.99. The third kappa shape index (κ3) is 4.74. The van der Waals surface area contributed by atoms with E-state index in [-0.39, 0.29) is 5.91 Å². The number of nitrogens with zero attached hydrogens (tertiary/aromatic N) is 3. The van der Waals surface area contributed by atoms with Crippen LogP contribution in [0, 0.1) is 11.3 Å². The third-order valence-corrected chi connectivity index (χ3v) is 3.29. The molecule has 96 valence electrons. The van der Waals surface area contributed by atoms with Gasteiger partial charge in [0.2, 0.25) is 5.91 Å². The van der Waals surface area contributed by atoms with Gasteiger partial charge >= 0.3 is 0 Å². The third-order valence-electron chi connectivity index (χ3n) is 3.29. The number of nitriles is 1. The van der Waals surface area contributed by atoms with Crippen LogP contribution in [-0.2, 0) is 4.79 Å². The fourth-order valence-corrected chi connectivity index (χ4v) is 2.13. The Kier molecular flexibility index (Phi) is 5.99. The van der Waals surface area contributed by atoms with Crippen LogP contribution >= 0.6 is 0 Å². The Morgan fingerprint density at radius 2 is 2.00 bits per heavy atom. The van der Waals surface area contributed by atoms with Crippen LogP contribution in [0.5, 0.6) is 0 Å². The molecule has 0 radical (unpaired) electrons. The van der Waals surface area contributed by atoms with Crippen molar-refractivity contribution in [2.75, 3.05) is 26.2 Å². The fraction of sp³-hybridized carbons (Fsp3) is 0.846. The summed E-state index contributed by atoms with van der Waals surface area (Å²) in [5, 5.41) is 8.61. The van der Waals surface area contributed by atoms with Gasteiger partial charge in [0.1, 0.15) is 0 Å². The average molecular weight is 237 g/mol. The van der Waals surface area contributed by atoms with Crippen molar-refractivity contribution in [1.29, 1.82) is 5.26 Å². The quantitative estimate of drug-likeness (QED) is 0.730. The zero-order valence-corrected chi connectivity index (χ0v) is 11.0. The van der Waals surface area contributed by atoms with Crippen LogP contribution in [0.15, 0.2) is 0 Å². The first-order valence-electron chi connectivity index (χ1n) is 6.54. The van der Waals surface area contributed by atoms with Crippen LogP contribution in [0.2, 0.25) is 0 Å². The monoisotopic (exact) mass is 237 g/mol. The molecule has 1 aliphatic heterocycles. The summed E-state index contributed by atoms with van der Waals surface area (Å²) in [4.78, 5) is 16.1. The molecule has 17 heavy (non-hydrogen) atoms. The molecule has 4 nitrogen and oxygen atoms in total. The number of carbonyl (C=O) groups excluding carboxylic acids is 1. The number of hydrogen-bond donors (Lipinski definition) is 0. The lowest BCUT2D eigenvalue weighted by Crippen LogP contribution is -2.45. The highest BCUT2D eigenvalue weighted by Crippen LogP contribution is 2.10. The van der Waals surface area contributed by atoms with Gasteiger partial charge in [-0.2, -0.15) is 5.26 Å². The lowest BCUT2D eigenvalue weighted by Gasteiger charge is -2.31. The zero-order valence-electron chi connectivity index (χ0n) is 11.0. The van der Waals surface area contributed by atoms with Crippen LogP contribution in [0.3, 0.4) is 0 Å². The van der Waals surface area contributed by atoms with E-state index in [0.717, 1.165) is 25.9 Å². The Morgan fingerprint density at radius 3 is 2.53 bits per heavy atom. The van der Waals surface area contributed by atoms with Crippen LogP contribution in [0.4, 0.5) is 0 Å². The molecule has 0 aromatic carbocycles. The van der Waals surface area contributed by atoms with Crippen molar-refractivity contribution in [2.45, 2.75) is 45.6 Å². The predicted octanol–water partition coefficient (Wildman–Crippen LogP) is 1.62. The molecule has 0 saturated carbocycles. The molecule has 1 aliphatic rings. The molecule has 0 atom stereocenters. The van der Waals surface area contributed by atoms with E-state index in [1.165, 1.54) is 6.42 Å². The van der Waals surface area contributed by atoms with E-state index in [2.05, 4.69) is 24.8 Å². The highest BCUT2D eigenvalue weighted by Gasteiger charge is 2.20. The van der Waals surface area contributed by atoms with Gasteiger partial charge < -0.3 is 4.90 Å². The van der Waals surface area contributed by atoms with Crippen LogP contribution < -0.4 is 0 Å². The van der Waals surface area contributed by atoms with E-state index in [4.69, 9.17) is 5.26 Å². The molecule has 0 aromatic rings. The number of piperidine rings is 1. The molecule has 1 heterocycles. The number of rotatable bonds is 5. The van der Waals surface area contributed by atoms with E-state index in [1.807, 2.05) is 4.90 Å². The normalized spacial score (nSPS) is 16.3. The minimum atomic E-state index is 0.219. The maximum atomic E-state index is 12.1. The van der Waals surface area contributed by atoms with E-state index < -0.39 is 0 Å². The first kappa shape index (κ1) is 14.0. The number of hydrogen-bond acceptors (Lipinski definition) is 3. The molecule has 1 rings (SSSR count). The molecule has 0 aliphatic carbocycles. The fourth-order valence-electron chi connectivity index (χ4n) is 2.13. The summed E-state index contributed by atoms with van der Waals surface area (Å²) >= 11 is 0. The summed E-state index contributed by atoms with van der Waals surface area (Å²) < 4.78 is 0. The second-order valence-electron chi connectivity index (χ2n) is 4.91. The molecule has 0 N–H and O–H groups in total.